The Balaban J connectivity index is 2.05. The average Bonchev–Trinajstić information content (AvgIpc) is 3.23. The second-order valence-electron chi connectivity index (χ2n) is 12.9. The van der Waals surface area contributed by atoms with E-state index in [1.54, 1.807) is 0 Å². The number of aromatic carboxylic acids is 1. The van der Waals surface area contributed by atoms with Gasteiger partial charge in [0.2, 0.25) is 0 Å². The Labute approximate surface area is 324 Å². The third-order valence-electron chi connectivity index (χ3n) is 8.78. The molecule has 3 aromatic rings. The Morgan fingerprint density at radius 3 is 2.00 bits per heavy atom. The van der Waals surface area contributed by atoms with E-state index in [0.29, 0.717) is 6.07 Å². The first-order valence-electron chi connectivity index (χ1n) is 15.3. The van der Waals surface area contributed by atoms with Crippen LogP contribution in [0.1, 0.15) is 41.8 Å². The Bertz CT molecular complexity index is 2750. The fourth-order valence-electron chi connectivity index (χ4n) is 6.56. The number of benzene rings is 3. The molecule has 2 unspecified atom stereocenters. The van der Waals surface area contributed by atoms with E-state index in [9.17, 15) is 74.8 Å². The van der Waals surface area contributed by atoms with E-state index < -0.39 is 94.4 Å². The molecule has 2 atom stereocenters. The molecule has 0 aromatic heterocycles. The number of carbonyl (C=O) groups is 1. The fraction of sp³-hybridized carbons (Fsp3) is 0.290. The normalized spacial score (nSPS) is 18.9. The van der Waals surface area contributed by atoms with Crippen molar-refractivity contribution in [2.75, 3.05) is 28.7 Å². The molecule has 0 amide bonds. The maximum atomic E-state index is 12.6. The molecular weight excluding hydrogens is 877 g/mol. The van der Waals surface area contributed by atoms with Crippen LogP contribution in [0.4, 0.5) is 5.69 Å². The third-order valence-corrected chi connectivity index (χ3v) is 13.9. The van der Waals surface area contributed by atoms with Crippen LogP contribution in [0.3, 0.4) is 0 Å². The van der Waals surface area contributed by atoms with E-state index in [1.807, 2.05) is 0 Å². The van der Waals surface area contributed by atoms with Gasteiger partial charge in [0.1, 0.15) is 0 Å². The van der Waals surface area contributed by atoms with Crippen molar-refractivity contribution >= 4 is 77.5 Å². The summed E-state index contributed by atoms with van der Waals surface area (Å²) >= 11 is 5.15. The van der Waals surface area contributed by atoms with E-state index >= 15 is 0 Å². The van der Waals surface area contributed by atoms with Crippen molar-refractivity contribution in [2.24, 2.45) is 0 Å². The summed E-state index contributed by atoms with van der Waals surface area (Å²) in [7, 11) is -24.8. The summed E-state index contributed by atoms with van der Waals surface area (Å²) in [5, 5.41) is 8.82. The zero-order valence-corrected chi connectivity index (χ0v) is 33.4. The molecule has 0 fully saturated rings. The molecule has 0 aliphatic carbocycles. The first kappa shape index (κ1) is 44.3. The van der Waals surface area contributed by atoms with Crippen molar-refractivity contribution in [3.8, 4) is 0 Å². The molecule has 304 valence electrons. The van der Waals surface area contributed by atoms with Gasteiger partial charge in [0, 0.05) is 0 Å². The molecule has 1 heterocycles. The van der Waals surface area contributed by atoms with Gasteiger partial charge in [-0.05, 0) is 0 Å². The van der Waals surface area contributed by atoms with Crippen molar-refractivity contribution in [3.63, 3.8) is 0 Å². The van der Waals surface area contributed by atoms with Gasteiger partial charge in [-0.2, -0.15) is 0 Å². The second kappa shape index (κ2) is 15.2. The average molecular weight is 911 g/mol. The van der Waals surface area contributed by atoms with Crippen molar-refractivity contribution in [3.05, 3.63) is 89.1 Å². The van der Waals surface area contributed by atoms with Crippen LogP contribution in [0, 0.1) is 0 Å². The topological polar surface area (TPSA) is 312 Å². The van der Waals surface area contributed by atoms with E-state index in [2.05, 4.69) is 0 Å². The molecule has 1 aliphatic heterocycles. The van der Waals surface area contributed by atoms with Gasteiger partial charge in [-0.3, -0.25) is 0 Å². The molecule has 0 saturated carbocycles. The van der Waals surface area contributed by atoms with Gasteiger partial charge in [0.15, 0.2) is 0 Å². The number of rotatable bonds is 15. The summed E-state index contributed by atoms with van der Waals surface area (Å²) in [4.78, 5) is 11.0. The van der Waals surface area contributed by atoms with Gasteiger partial charge in [-0.15, -0.1) is 0 Å². The second-order valence-corrected chi connectivity index (χ2v) is 20.8. The maximum absolute atomic E-state index is 12.6. The van der Waals surface area contributed by atoms with E-state index in [0.717, 1.165) is 18.2 Å². The van der Waals surface area contributed by atoms with Gasteiger partial charge in [0.05, 0.1) is 0 Å². The van der Waals surface area contributed by atoms with E-state index in [4.69, 9.17) is 15.0 Å². The number of hydrogen-bond acceptors (Lipinski definition) is 12. The molecule has 18 nitrogen and oxygen atoms in total. The fourth-order valence-corrected chi connectivity index (χ4v) is 10.9. The molecule has 55 heavy (non-hydrogen) atoms. The Morgan fingerprint density at radius 1 is 0.836 bits per heavy atom. The molecule has 0 saturated heterocycles. The first-order chi connectivity index (χ1) is 24.9. The van der Waals surface area contributed by atoms with Crippen LogP contribution in [-0.4, -0.2) is 104 Å². The van der Waals surface area contributed by atoms with Gasteiger partial charge in [0.25, 0.3) is 0 Å². The number of fused-ring (bicyclic) bond motifs is 3. The van der Waals surface area contributed by atoms with Crippen molar-refractivity contribution in [1.29, 1.82) is 0 Å². The van der Waals surface area contributed by atoms with Crippen LogP contribution in [0.25, 0.3) is 10.8 Å². The molecule has 0 radical (unpaired) electrons. The summed E-state index contributed by atoms with van der Waals surface area (Å²) in [5.41, 5.74) is -4.14. The van der Waals surface area contributed by atoms with Crippen molar-refractivity contribution < 1.29 is 89.8 Å². The molecule has 0 bridgehead atoms. The summed E-state index contributed by atoms with van der Waals surface area (Å²) in [6, 6.07) is 8.72. The standard InChI is InChI=1S/C31H33NO17S5.Ni/c1-30(18-51(38,39)40,21-8-5-7-20(15-21)29(33)34)12-4-3-9-27-31(2,19-52(41,42)43)28-24-16-22(53(44,45)46)17-26(54(47,48)49)23(24)10-11-25(28)32(27)13-6-14-50(35,36)37;/h3-5,7-11,15-17H,6,13-14,18-19H2,1-2H3,(H,33,34)(H,35,36,37)(H,38,39,40)(H,41,42,43)(H,44,45,46)(H,47,48,49);/b4-3+,27-9+;. The van der Waals surface area contributed by atoms with Crippen LogP contribution in [0.5, 0.6) is 0 Å². The molecule has 3 aromatic carbocycles. The quantitative estimate of drug-likeness (QED) is 0.0941. The number of nitrogens with zero attached hydrogens (tertiary/aromatic N) is 1. The molecule has 4 rings (SSSR count). The van der Waals surface area contributed by atoms with Crippen LogP contribution in [-0.2, 0) is 76.5 Å². The van der Waals surface area contributed by atoms with Gasteiger partial charge < -0.3 is 0 Å². The number of hydrogen-bond donors (Lipinski definition) is 6. The summed E-state index contributed by atoms with van der Waals surface area (Å²) in [5.74, 6) is -4.35. The first-order valence-corrected chi connectivity index (χ1v) is 23.5. The van der Waals surface area contributed by atoms with Crippen LogP contribution < -0.4 is 4.90 Å². The van der Waals surface area contributed by atoms with E-state index in [-0.39, 0.29) is 56.3 Å². The number of carboxylic acid groups (broad SMARTS) is 1. The Morgan fingerprint density at radius 2 is 1.47 bits per heavy atom. The summed E-state index contributed by atoms with van der Waals surface area (Å²) < 4.78 is 171. The zero-order valence-electron chi connectivity index (χ0n) is 28.4. The predicted molar refractivity (Wildman–Crippen MR) is 195 cm³/mol. The molecule has 0 spiro atoms. The van der Waals surface area contributed by atoms with Crippen LogP contribution in [0.15, 0.2) is 82.2 Å². The predicted octanol–water partition coefficient (Wildman–Crippen LogP) is 2.28. The monoisotopic (exact) mass is 909 g/mol. The summed E-state index contributed by atoms with van der Waals surface area (Å²) in [6.07, 6.45) is 3.29. The number of anilines is 1. The number of carboxylic acids is 1. The SMILES string of the molecule is CC(CS(=O)(=O)O)([C](=[Ni])/C=C/C=C1/N(CCCS(=O)(=O)O)c2ccc3c(S(=O)(=O)O)cc(S(=O)(=O)O)cc3c2C1(C)CS(=O)(=O)O)c1cccc(C(=O)O)c1. The van der Waals surface area contributed by atoms with Gasteiger partial charge in [-0.25, -0.2) is 0 Å². The molecular formula is C31H33NNiO17S5. The minimum absolute atomic E-state index is 0.00880. The molecule has 24 heteroatoms. The van der Waals surface area contributed by atoms with Crippen LogP contribution in [0.2, 0.25) is 0 Å². The third kappa shape index (κ3) is 10.1. The van der Waals surface area contributed by atoms with Gasteiger partial charge >= 0.3 is 326 Å². The Kier molecular flexibility index (Phi) is 12.2. The number of allylic oxidation sites excluding steroid dienone is 4. The molecule has 6 N–H and O–H groups in total. The zero-order chi connectivity index (χ0) is 41.7. The minimum atomic E-state index is -5.22. The van der Waals surface area contributed by atoms with Crippen molar-refractivity contribution in [1.82, 2.24) is 0 Å². The Hall–Kier alpha value is -3.42. The van der Waals surface area contributed by atoms with Gasteiger partial charge in [-0.1, -0.05) is 0 Å². The molecule has 1 aliphatic rings. The summed E-state index contributed by atoms with van der Waals surface area (Å²) in [6.45, 7) is 2.24. The van der Waals surface area contributed by atoms with Crippen LogP contribution >= 0.6 is 0 Å². The van der Waals surface area contributed by atoms with E-state index in [1.165, 1.54) is 61.2 Å². The van der Waals surface area contributed by atoms with Crippen molar-refractivity contribution in [2.45, 2.75) is 40.9 Å².